The molecule has 1 aliphatic carbocycles. The predicted molar refractivity (Wildman–Crippen MR) is 75.8 cm³/mol. The normalized spacial score (nSPS) is 20.4. The number of hydrogen-bond donors (Lipinski definition) is 1. The van der Waals surface area contributed by atoms with Gasteiger partial charge in [0.05, 0.1) is 6.10 Å². The van der Waals surface area contributed by atoms with Crippen LogP contribution < -0.4 is 5.73 Å². The van der Waals surface area contributed by atoms with Crippen LogP contribution in [0.2, 0.25) is 0 Å². The van der Waals surface area contributed by atoms with Gasteiger partial charge in [-0.2, -0.15) is 0 Å². The predicted octanol–water partition coefficient (Wildman–Crippen LogP) is 3.03. The van der Waals surface area contributed by atoms with Gasteiger partial charge in [-0.05, 0) is 50.7 Å². The van der Waals surface area contributed by atoms with E-state index >= 15 is 0 Å². The van der Waals surface area contributed by atoms with Crippen molar-refractivity contribution < 1.29 is 4.74 Å². The first-order valence-electron chi connectivity index (χ1n) is 6.96. The van der Waals surface area contributed by atoms with Gasteiger partial charge < -0.3 is 10.5 Å². The van der Waals surface area contributed by atoms with Gasteiger partial charge in [-0.3, -0.25) is 0 Å². The lowest BCUT2D eigenvalue weighted by Gasteiger charge is -2.20. The summed E-state index contributed by atoms with van der Waals surface area (Å²) in [7, 11) is 1.77. The molecule has 0 amide bonds. The number of nitrogens with two attached hydrogens (primary N) is 1. The molecule has 0 bridgehead atoms. The number of benzene rings is 1. The lowest BCUT2D eigenvalue weighted by atomic mass is 9.88. The first-order chi connectivity index (χ1) is 8.58. The van der Waals surface area contributed by atoms with Gasteiger partial charge in [0.2, 0.25) is 0 Å². The van der Waals surface area contributed by atoms with E-state index in [2.05, 4.69) is 38.1 Å². The summed E-state index contributed by atoms with van der Waals surface area (Å²) in [6.45, 7) is 4.24. The molecule has 100 valence electrons. The molecular formula is C16H25NO. The summed E-state index contributed by atoms with van der Waals surface area (Å²) in [5.41, 5.74) is 9.19. The summed E-state index contributed by atoms with van der Waals surface area (Å²) in [6.07, 6.45) is 4.98. The molecule has 2 nitrogen and oxygen atoms in total. The Morgan fingerprint density at radius 3 is 2.28 bits per heavy atom. The number of aryl methyl sites for hydroxylation is 1. The second-order valence-electron chi connectivity index (χ2n) is 5.73. The summed E-state index contributed by atoms with van der Waals surface area (Å²) in [5, 5.41) is 0. The van der Waals surface area contributed by atoms with E-state index in [0.717, 1.165) is 12.8 Å². The van der Waals surface area contributed by atoms with E-state index in [0.29, 0.717) is 6.10 Å². The average Bonchev–Trinajstić information content (AvgIpc) is 3.18. The molecule has 0 spiro atoms. The van der Waals surface area contributed by atoms with E-state index < -0.39 is 0 Å². The van der Waals surface area contributed by atoms with Crippen LogP contribution in [0, 0.1) is 0 Å². The number of rotatable bonds is 6. The first kappa shape index (κ1) is 13.6. The fraction of sp³-hybridized carbons (Fsp3) is 0.625. The van der Waals surface area contributed by atoms with Gasteiger partial charge in [0, 0.05) is 18.6 Å². The minimum atomic E-state index is 0.261. The standard InChI is InChI=1S/C16H25NO/c1-12(18-3)4-5-14-6-8-15(9-7-14)16(10-11-16)13(2)17/h6-9,12-13H,4-5,10-11,17H2,1-3H3. The molecule has 0 heterocycles. The number of ether oxygens (including phenoxy) is 1. The Bertz CT molecular complexity index is 379. The third-order valence-corrected chi connectivity index (χ3v) is 4.43. The van der Waals surface area contributed by atoms with E-state index in [1.807, 2.05) is 0 Å². The van der Waals surface area contributed by atoms with Crippen molar-refractivity contribution in [3.63, 3.8) is 0 Å². The smallest absolute Gasteiger partial charge is 0.0546 e. The van der Waals surface area contributed by atoms with Gasteiger partial charge in [-0.1, -0.05) is 24.3 Å². The summed E-state index contributed by atoms with van der Waals surface area (Å²) in [6, 6.07) is 9.30. The molecule has 0 aromatic heterocycles. The van der Waals surface area contributed by atoms with E-state index in [1.54, 1.807) is 7.11 Å². The number of methoxy groups -OCH3 is 1. The molecule has 18 heavy (non-hydrogen) atoms. The molecule has 1 aromatic carbocycles. The van der Waals surface area contributed by atoms with Crippen LogP contribution in [0.5, 0.6) is 0 Å². The summed E-state index contributed by atoms with van der Waals surface area (Å²) < 4.78 is 5.27. The first-order valence-corrected chi connectivity index (χ1v) is 6.96. The van der Waals surface area contributed by atoms with Crippen LogP contribution in [-0.2, 0) is 16.6 Å². The maximum absolute atomic E-state index is 6.10. The van der Waals surface area contributed by atoms with Crippen LogP contribution in [0.1, 0.15) is 44.2 Å². The maximum Gasteiger partial charge on any atom is 0.0546 e. The molecule has 2 N–H and O–H groups in total. The van der Waals surface area contributed by atoms with E-state index in [-0.39, 0.29) is 11.5 Å². The van der Waals surface area contributed by atoms with Crippen molar-refractivity contribution in [2.24, 2.45) is 5.73 Å². The monoisotopic (exact) mass is 247 g/mol. The molecule has 0 saturated heterocycles. The lowest BCUT2D eigenvalue weighted by molar-refractivity contribution is 0.111. The Morgan fingerprint density at radius 2 is 1.83 bits per heavy atom. The van der Waals surface area contributed by atoms with Crippen molar-refractivity contribution >= 4 is 0 Å². The molecule has 1 saturated carbocycles. The Hall–Kier alpha value is -0.860. The van der Waals surface area contributed by atoms with Crippen molar-refractivity contribution in [2.75, 3.05) is 7.11 Å². The average molecular weight is 247 g/mol. The SMILES string of the molecule is COC(C)CCc1ccc(C2(C(C)N)CC2)cc1. The zero-order chi connectivity index (χ0) is 13.2. The molecule has 1 aromatic rings. The highest BCUT2D eigenvalue weighted by molar-refractivity contribution is 5.35. The molecule has 2 unspecified atom stereocenters. The molecule has 0 radical (unpaired) electrons. The summed E-state index contributed by atoms with van der Waals surface area (Å²) >= 11 is 0. The van der Waals surface area contributed by atoms with Gasteiger partial charge in [0.15, 0.2) is 0 Å². The van der Waals surface area contributed by atoms with E-state index in [9.17, 15) is 0 Å². The van der Waals surface area contributed by atoms with Crippen molar-refractivity contribution in [1.82, 2.24) is 0 Å². The van der Waals surface area contributed by atoms with Crippen molar-refractivity contribution in [1.29, 1.82) is 0 Å². The molecule has 0 aliphatic heterocycles. The highest BCUT2D eigenvalue weighted by Crippen LogP contribution is 2.50. The molecule has 1 aliphatic rings. The van der Waals surface area contributed by atoms with Crippen LogP contribution in [0.25, 0.3) is 0 Å². The van der Waals surface area contributed by atoms with Gasteiger partial charge in [0.1, 0.15) is 0 Å². The molecular weight excluding hydrogens is 222 g/mol. The minimum Gasteiger partial charge on any atom is -0.382 e. The fourth-order valence-electron chi connectivity index (χ4n) is 2.63. The van der Waals surface area contributed by atoms with Gasteiger partial charge in [-0.25, -0.2) is 0 Å². The second-order valence-corrected chi connectivity index (χ2v) is 5.73. The van der Waals surface area contributed by atoms with Crippen LogP contribution in [0.3, 0.4) is 0 Å². The van der Waals surface area contributed by atoms with Crippen molar-refractivity contribution in [2.45, 2.75) is 57.1 Å². The quantitative estimate of drug-likeness (QED) is 0.838. The zero-order valence-electron chi connectivity index (χ0n) is 11.8. The van der Waals surface area contributed by atoms with Crippen LogP contribution in [0.4, 0.5) is 0 Å². The van der Waals surface area contributed by atoms with Gasteiger partial charge >= 0.3 is 0 Å². The zero-order valence-corrected chi connectivity index (χ0v) is 11.8. The third kappa shape index (κ3) is 2.76. The number of hydrogen-bond acceptors (Lipinski definition) is 2. The molecule has 1 fully saturated rings. The summed E-state index contributed by atoms with van der Waals surface area (Å²) in [5.74, 6) is 0. The van der Waals surface area contributed by atoms with Gasteiger partial charge in [-0.15, -0.1) is 0 Å². The highest BCUT2D eigenvalue weighted by atomic mass is 16.5. The Balaban J connectivity index is 1.98. The van der Waals surface area contributed by atoms with Crippen LogP contribution in [-0.4, -0.2) is 19.3 Å². The van der Waals surface area contributed by atoms with Crippen molar-refractivity contribution in [3.05, 3.63) is 35.4 Å². The molecule has 2 atom stereocenters. The van der Waals surface area contributed by atoms with Crippen molar-refractivity contribution in [3.8, 4) is 0 Å². The Kier molecular flexibility index (Phi) is 4.08. The topological polar surface area (TPSA) is 35.2 Å². The third-order valence-electron chi connectivity index (χ3n) is 4.43. The Morgan fingerprint density at radius 1 is 1.22 bits per heavy atom. The largest absolute Gasteiger partial charge is 0.382 e. The molecule has 2 heteroatoms. The highest BCUT2D eigenvalue weighted by Gasteiger charge is 2.47. The summed E-state index contributed by atoms with van der Waals surface area (Å²) in [4.78, 5) is 0. The molecule has 2 rings (SSSR count). The van der Waals surface area contributed by atoms with E-state index in [4.69, 9.17) is 10.5 Å². The fourth-order valence-corrected chi connectivity index (χ4v) is 2.63. The van der Waals surface area contributed by atoms with Gasteiger partial charge in [0.25, 0.3) is 0 Å². The van der Waals surface area contributed by atoms with E-state index in [1.165, 1.54) is 24.0 Å². The lowest BCUT2D eigenvalue weighted by Crippen LogP contribution is -2.31. The minimum absolute atomic E-state index is 0.261. The Labute approximate surface area is 111 Å². The maximum atomic E-state index is 6.10. The second kappa shape index (κ2) is 5.41. The van der Waals surface area contributed by atoms with Crippen LogP contribution >= 0.6 is 0 Å². The van der Waals surface area contributed by atoms with Crippen LogP contribution in [0.15, 0.2) is 24.3 Å².